The van der Waals surface area contributed by atoms with Gasteiger partial charge in [0.2, 0.25) is 5.91 Å². The molecule has 5 nitrogen and oxygen atoms in total. The number of nitrogens with zero attached hydrogens (tertiary/aromatic N) is 3. The molecule has 0 atom stereocenters. The summed E-state index contributed by atoms with van der Waals surface area (Å²) in [6.07, 6.45) is 0. The summed E-state index contributed by atoms with van der Waals surface area (Å²) in [5, 5.41) is 1.02. The predicted molar refractivity (Wildman–Crippen MR) is 94.4 cm³/mol. The number of carbonyl (C=O) groups is 1. The number of carbonyl (C=O) groups excluding carboxylic acids is 1. The zero-order valence-corrected chi connectivity index (χ0v) is 14.9. The van der Waals surface area contributed by atoms with Crippen LogP contribution >= 0.6 is 11.3 Å². The summed E-state index contributed by atoms with van der Waals surface area (Å²) in [7, 11) is 1.68. The third-order valence-electron chi connectivity index (χ3n) is 4.06. The van der Waals surface area contributed by atoms with Gasteiger partial charge in [0, 0.05) is 31.6 Å². The van der Waals surface area contributed by atoms with Gasteiger partial charge in [-0.3, -0.25) is 4.79 Å². The number of fused-ring (bicyclic) bond motifs is 1. The Labute approximate surface area is 140 Å². The molecule has 1 fully saturated rings. The molecule has 1 aliphatic rings. The van der Waals surface area contributed by atoms with Crippen molar-refractivity contribution in [1.82, 2.24) is 9.88 Å². The van der Waals surface area contributed by atoms with Crippen molar-refractivity contribution in [3.63, 3.8) is 0 Å². The Morgan fingerprint density at radius 2 is 1.91 bits per heavy atom. The minimum atomic E-state index is -0.311. The molecule has 1 aromatic carbocycles. The molecule has 1 aliphatic heterocycles. The quantitative estimate of drug-likeness (QED) is 0.847. The summed E-state index contributed by atoms with van der Waals surface area (Å²) in [6.45, 7) is 9.11. The van der Waals surface area contributed by atoms with E-state index in [9.17, 15) is 4.79 Å². The number of rotatable bonds is 2. The van der Waals surface area contributed by atoms with E-state index in [1.54, 1.807) is 18.4 Å². The maximum absolute atomic E-state index is 12.4. The lowest BCUT2D eigenvalue weighted by molar-refractivity contribution is -0.139. The van der Waals surface area contributed by atoms with Crippen LogP contribution in [0.25, 0.3) is 10.2 Å². The van der Waals surface area contributed by atoms with Crippen LogP contribution in [-0.4, -0.2) is 49.1 Å². The Balaban J connectivity index is 1.71. The van der Waals surface area contributed by atoms with Crippen LogP contribution in [-0.2, 0) is 4.79 Å². The molecular formula is C17H23N3O2S. The standard InChI is InChI=1S/C17H23N3O2S/c1-17(2,3)15(21)19-7-9-20(10-8-19)16-18-13-6-5-12(22-4)11-14(13)23-16/h5-6,11H,7-10H2,1-4H3. The van der Waals surface area contributed by atoms with Gasteiger partial charge in [0.05, 0.1) is 17.3 Å². The summed E-state index contributed by atoms with van der Waals surface area (Å²) < 4.78 is 6.40. The van der Waals surface area contributed by atoms with Gasteiger partial charge in [-0.2, -0.15) is 0 Å². The predicted octanol–water partition coefficient (Wildman–Crippen LogP) is 3.00. The maximum atomic E-state index is 12.4. The molecule has 1 aromatic heterocycles. The van der Waals surface area contributed by atoms with Crippen molar-refractivity contribution in [2.75, 3.05) is 38.2 Å². The fourth-order valence-corrected chi connectivity index (χ4v) is 3.78. The zero-order chi connectivity index (χ0) is 16.6. The maximum Gasteiger partial charge on any atom is 0.228 e. The Hall–Kier alpha value is -1.82. The second-order valence-electron chi connectivity index (χ2n) is 6.86. The number of methoxy groups -OCH3 is 1. The Morgan fingerprint density at radius 1 is 1.22 bits per heavy atom. The third-order valence-corrected chi connectivity index (χ3v) is 5.14. The Bertz CT molecular complexity index is 712. The van der Waals surface area contributed by atoms with Crippen LogP contribution in [0.1, 0.15) is 20.8 Å². The average Bonchev–Trinajstić information content (AvgIpc) is 2.96. The molecule has 0 radical (unpaired) electrons. The summed E-state index contributed by atoms with van der Waals surface area (Å²) in [5.74, 6) is 1.08. The highest BCUT2D eigenvalue weighted by atomic mass is 32.1. The van der Waals surface area contributed by atoms with Gasteiger partial charge in [-0.05, 0) is 18.2 Å². The largest absolute Gasteiger partial charge is 0.497 e. The first-order chi connectivity index (χ1) is 10.9. The lowest BCUT2D eigenvalue weighted by Crippen LogP contribution is -2.51. The monoisotopic (exact) mass is 333 g/mol. The smallest absolute Gasteiger partial charge is 0.228 e. The second-order valence-corrected chi connectivity index (χ2v) is 7.87. The summed E-state index contributed by atoms with van der Waals surface area (Å²) >= 11 is 1.68. The van der Waals surface area contributed by atoms with Crippen LogP contribution in [0, 0.1) is 5.41 Å². The normalized spacial score (nSPS) is 16.0. The molecule has 0 unspecified atom stereocenters. The fourth-order valence-electron chi connectivity index (χ4n) is 2.73. The van der Waals surface area contributed by atoms with Crippen molar-refractivity contribution < 1.29 is 9.53 Å². The lowest BCUT2D eigenvalue weighted by Gasteiger charge is -2.37. The van der Waals surface area contributed by atoms with Crippen LogP contribution in [0.5, 0.6) is 5.75 Å². The minimum Gasteiger partial charge on any atom is -0.497 e. The highest BCUT2D eigenvalue weighted by Gasteiger charge is 2.30. The van der Waals surface area contributed by atoms with E-state index >= 15 is 0 Å². The Morgan fingerprint density at radius 3 is 2.52 bits per heavy atom. The van der Waals surface area contributed by atoms with Gasteiger partial charge < -0.3 is 14.5 Å². The van der Waals surface area contributed by atoms with Gasteiger partial charge >= 0.3 is 0 Å². The summed E-state index contributed by atoms with van der Waals surface area (Å²) in [5.41, 5.74) is 0.688. The molecular weight excluding hydrogens is 310 g/mol. The SMILES string of the molecule is COc1ccc2nc(N3CCN(C(=O)C(C)(C)C)CC3)sc2c1. The van der Waals surface area contributed by atoms with Crippen LogP contribution in [0.4, 0.5) is 5.13 Å². The Kier molecular flexibility index (Phi) is 4.19. The minimum absolute atomic E-state index is 0.228. The van der Waals surface area contributed by atoms with Crippen molar-refractivity contribution in [2.45, 2.75) is 20.8 Å². The number of hydrogen-bond donors (Lipinski definition) is 0. The number of ether oxygens (including phenoxy) is 1. The van der Waals surface area contributed by atoms with Gasteiger partial charge in [-0.1, -0.05) is 32.1 Å². The molecule has 3 rings (SSSR count). The van der Waals surface area contributed by atoms with Gasteiger partial charge in [-0.15, -0.1) is 0 Å². The molecule has 23 heavy (non-hydrogen) atoms. The van der Waals surface area contributed by atoms with Crippen molar-refractivity contribution in [3.05, 3.63) is 18.2 Å². The van der Waals surface area contributed by atoms with E-state index in [-0.39, 0.29) is 11.3 Å². The molecule has 0 bridgehead atoms. The first kappa shape index (κ1) is 16.1. The molecule has 2 heterocycles. The van der Waals surface area contributed by atoms with E-state index in [1.807, 2.05) is 43.9 Å². The van der Waals surface area contributed by atoms with Crippen molar-refractivity contribution in [2.24, 2.45) is 5.41 Å². The number of piperazine rings is 1. The van der Waals surface area contributed by atoms with Crippen LogP contribution in [0.3, 0.4) is 0 Å². The number of hydrogen-bond acceptors (Lipinski definition) is 5. The first-order valence-electron chi connectivity index (χ1n) is 7.87. The molecule has 1 amide bonds. The zero-order valence-electron chi connectivity index (χ0n) is 14.1. The van der Waals surface area contributed by atoms with E-state index in [4.69, 9.17) is 9.72 Å². The van der Waals surface area contributed by atoms with E-state index in [2.05, 4.69) is 4.90 Å². The number of amides is 1. The molecule has 1 saturated heterocycles. The van der Waals surface area contributed by atoms with Gasteiger partial charge in [0.1, 0.15) is 5.75 Å². The van der Waals surface area contributed by atoms with Gasteiger partial charge in [-0.25, -0.2) is 4.98 Å². The molecule has 0 saturated carbocycles. The summed E-state index contributed by atoms with van der Waals surface area (Å²) in [4.78, 5) is 21.3. The average molecular weight is 333 g/mol. The van der Waals surface area contributed by atoms with Crippen LogP contribution < -0.4 is 9.64 Å². The van der Waals surface area contributed by atoms with Crippen molar-refractivity contribution >= 4 is 32.6 Å². The van der Waals surface area contributed by atoms with Crippen molar-refractivity contribution in [3.8, 4) is 5.75 Å². The number of anilines is 1. The molecule has 124 valence electrons. The number of thiazole rings is 1. The molecule has 0 N–H and O–H groups in total. The van der Waals surface area contributed by atoms with Crippen LogP contribution in [0.2, 0.25) is 0 Å². The summed E-state index contributed by atoms with van der Waals surface area (Å²) in [6, 6.07) is 5.95. The fraction of sp³-hybridized carbons (Fsp3) is 0.529. The lowest BCUT2D eigenvalue weighted by atomic mass is 9.94. The van der Waals surface area contributed by atoms with Crippen molar-refractivity contribution in [1.29, 1.82) is 0 Å². The highest BCUT2D eigenvalue weighted by Crippen LogP contribution is 2.32. The second kappa shape index (κ2) is 6.00. The molecule has 0 aliphatic carbocycles. The highest BCUT2D eigenvalue weighted by molar-refractivity contribution is 7.22. The van der Waals surface area contributed by atoms with Crippen LogP contribution in [0.15, 0.2) is 18.2 Å². The molecule has 2 aromatic rings. The van der Waals surface area contributed by atoms with Gasteiger partial charge in [0.25, 0.3) is 0 Å². The van der Waals surface area contributed by atoms with E-state index in [1.165, 1.54) is 0 Å². The number of aromatic nitrogens is 1. The van der Waals surface area contributed by atoms with E-state index in [0.717, 1.165) is 47.3 Å². The third kappa shape index (κ3) is 3.27. The molecule has 6 heteroatoms. The topological polar surface area (TPSA) is 45.7 Å². The van der Waals surface area contributed by atoms with E-state index < -0.39 is 0 Å². The molecule has 0 spiro atoms. The number of benzene rings is 1. The van der Waals surface area contributed by atoms with Gasteiger partial charge in [0.15, 0.2) is 5.13 Å². The van der Waals surface area contributed by atoms with E-state index in [0.29, 0.717) is 0 Å². The first-order valence-corrected chi connectivity index (χ1v) is 8.69.